The van der Waals surface area contributed by atoms with E-state index < -0.39 is 42.0 Å². The van der Waals surface area contributed by atoms with Gasteiger partial charge in [-0.05, 0) is 31.6 Å². The van der Waals surface area contributed by atoms with Gasteiger partial charge in [-0.1, -0.05) is 20.3 Å². The van der Waals surface area contributed by atoms with Crippen LogP contribution in [-0.4, -0.2) is 82.7 Å². The van der Waals surface area contributed by atoms with Crippen LogP contribution in [0.2, 0.25) is 0 Å². The van der Waals surface area contributed by atoms with Gasteiger partial charge in [0.05, 0.1) is 6.04 Å². The van der Waals surface area contributed by atoms with Crippen LogP contribution in [0.4, 0.5) is 0 Å². The number of rotatable bonds is 13. The lowest BCUT2D eigenvalue weighted by molar-refractivity contribution is -0.142. The molecule has 1 fully saturated rings. The van der Waals surface area contributed by atoms with Crippen LogP contribution in [0.3, 0.4) is 0 Å². The average molecular weight is 488 g/mol. The molecule has 1 aliphatic rings. The number of carboxylic acids is 1. The van der Waals surface area contributed by atoms with Crippen LogP contribution < -0.4 is 27.8 Å². The smallest absolute Gasteiger partial charge is 0.327 e. The van der Waals surface area contributed by atoms with Crippen LogP contribution in [0, 0.1) is 5.92 Å². The normalized spacial score (nSPS) is 19.2. The number of nitrogens with one attached hydrogen (secondary N) is 2. The van der Waals surface area contributed by atoms with E-state index in [2.05, 4.69) is 28.3 Å². The number of guanidine groups is 1. The Labute approximate surface area is 199 Å². The molecule has 188 valence electrons. The maximum Gasteiger partial charge on any atom is 0.327 e. The Hall–Kier alpha value is -2.54. The zero-order valence-electron chi connectivity index (χ0n) is 19.2. The highest BCUT2D eigenvalue weighted by Crippen LogP contribution is 2.21. The van der Waals surface area contributed by atoms with E-state index in [-0.39, 0.29) is 36.5 Å². The van der Waals surface area contributed by atoms with Crippen molar-refractivity contribution in [3.8, 4) is 0 Å². The second-order valence-corrected chi connectivity index (χ2v) is 8.56. The first-order chi connectivity index (χ1) is 15.5. The Morgan fingerprint density at radius 3 is 2.42 bits per heavy atom. The summed E-state index contributed by atoms with van der Waals surface area (Å²) in [5.74, 6) is -2.94. The summed E-state index contributed by atoms with van der Waals surface area (Å²) < 4.78 is 0. The van der Waals surface area contributed by atoms with Gasteiger partial charge in [-0.2, -0.15) is 12.6 Å². The van der Waals surface area contributed by atoms with Crippen LogP contribution >= 0.6 is 12.6 Å². The highest BCUT2D eigenvalue weighted by atomic mass is 32.1. The lowest BCUT2D eigenvalue weighted by Crippen LogP contribution is -2.57. The van der Waals surface area contributed by atoms with E-state index in [9.17, 15) is 24.3 Å². The van der Waals surface area contributed by atoms with Gasteiger partial charge < -0.3 is 37.8 Å². The number of hydrogen-bond acceptors (Lipinski definition) is 7. The number of carboxylic acid groups (broad SMARTS) is 1. The molecule has 1 aliphatic heterocycles. The van der Waals surface area contributed by atoms with Gasteiger partial charge in [-0.3, -0.25) is 19.4 Å². The molecule has 13 heteroatoms. The van der Waals surface area contributed by atoms with Crippen molar-refractivity contribution in [3.63, 3.8) is 0 Å². The minimum atomic E-state index is -1.24. The predicted molar refractivity (Wildman–Crippen MR) is 127 cm³/mol. The van der Waals surface area contributed by atoms with E-state index in [0.29, 0.717) is 25.8 Å². The van der Waals surface area contributed by atoms with Crippen molar-refractivity contribution in [2.24, 2.45) is 28.1 Å². The van der Waals surface area contributed by atoms with Gasteiger partial charge in [-0.15, -0.1) is 0 Å². The Balaban J connectivity index is 2.93. The summed E-state index contributed by atoms with van der Waals surface area (Å²) in [6.07, 6.45) is 2.34. The van der Waals surface area contributed by atoms with Crippen LogP contribution in [0.15, 0.2) is 4.99 Å². The van der Waals surface area contributed by atoms with E-state index in [1.807, 2.05) is 13.8 Å². The van der Waals surface area contributed by atoms with Crippen molar-refractivity contribution >= 4 is 42.3 Å². The first-order valence-corrected chi connectivity index (χ1v) is 11.7. The molecule has 0 aliphatic carbocycles. The number of nitrogens with zero attached hydrogens (tertiary/aromatic N) is 2. The van der Waals surface area contributed by atoms with Crippen LogP contribution in [0.5, 0.6) is 0 Å². The quantitative estimate of drug-likeness (QED) is 0.0694. The largest absolute Gasteiger partial charge is 0.480 e. The Morgan fingerprint density at radius 1 is 1.21 bits per heavy atom. The standard InChI is InChI=1S/C20H37N7O5S/c1-3-11(2)15(21)18(30)27-9-5-7-14(27)17(29)25-12(6-4-8-24-20(22)23)16(28)26-13(10-33)19(31)32/h11-15,33H,3-10,21H2,1-2H3,(H,25,29)(H,26,28)(H,31,32)(H4,22,23,24). The second-order valence-electron chi connectivity index (χ2n) is 8.19. The zero-order valence-corrected chi connectivity index (χ0v) is 20.1. The number of nitrogens with two attached hydrogens (primary N) is 3. The summed E-state index contributed by atoms with van der Waals surface area (Å²) in [5, 5.41) is 14.2. The van der Waals surface area contributed by atoms with Gasteiger partial charge in [0.25, 0.3) is 0 Å². The maximum atomic E-state index is 13.0. The van der Waals surface area contributed by atoms with E-state index in [1.165, 1.54) is 4.90 Å². The zero-order chi connectivity index (χ0) is 25.1. The monoisotopic (exact) mass is 487 g/mol. The molecule has 33 heavy (non-hydrogen) atoms. The summed E-state index contributed by atoms with van der Waals surface area (Å²) in [7, 11) is 0. The summed E-state index contributed by atoms with van der Waals surface area (Å²) in [5.41, 5.74) is 16.7. The van der Waals surface area contributed by atoms with Gasteiger partial charge in [0.15, 0.2) is 5.96 Å². The van der Waals surface area contributed by atoms with E-state index in [0.717, 1.165) is 6.42 Å². The molecule has 5 atom stereocenters. The van der Waals surface area contributed by atoms with Gasteiger partial charge in [0.1, 0.15) is 18.1 Å². The molecule has 1 rings (SSSR count). The first kappa shape index (κ1) is 28.5. The number of carbonyl (C=O) groups is 4. The molecule has 3 amide bonds. The van der Waals surface area contributed by atoms with Crippen LogP contribution in [0.25, 0.3) is 0 Å². The molecular weight excluding hydrogens is 450 g/mol. The number of likely N-dealkylation sites (tertiary alicyclic amines) is 1. The fourth-order valence-electron chi connectivity index (χ4n) is 3.49. The molecule has 0 radical (unpaired) electrons. The molecule has 0 aromatic heterocycles. The van der Waals surface area contributed by atoms with Gasteiger partial charge in [-0.25, -0.2) is 4.79 Å². The Bertz CT molecular complexity index is 732. The SMILES string of the molecule is CCC(C)C(N)C(=O)N1CCCC1C(=O)NC(CCCN=C(N)N)C(=O)NC(CS)C(=O)O. The van der Waals surface area contributed by atoms with Gasteiger partial charge in [0.2, 0.25) is 17.7 Å². The van der Waals surface area contributed by atoms with E-state index >= 15 is 0 Å². The van der Waals surface area contributed by atoms with Crippen molar-refractivity contribution < 1.29 is 24.3 Å². The predicted octanol–water partition coefficient (Wildman–Crippen LogP) is -1.61. The van der Waals surface area contributed by atoms with E-state index in [1.54, 1.807) is 0 Å². The van der Waals surface area contributed by atoms with Crippen molar-refractivity contribution in [2.75, 3.05) is 18.8 Å². The molecule has 0 aromatic rings. The summed E-state index contributed by atoms with van der Waals surface area (Å²) in [6, 6.07) is -3.71. The Kier molecular flexibility index (Phi) is 12.0. The van der Waals surface area contributed by atoms with Crippen molar-refractivity contribution in [3.05, 3.63) is 0 Å². The lowest BCUT2D eigenvalue weighted by atomic mass is 9.98. The molecular formula is C20H37N7O5S. The third-order valence-corrected chi connectivity index (χ3v) is 6.12. The minimum Gasteiger partial charge on any atom is -0.480 e. The van der Waals surface area contributed by atoms with Crippen LogP contribution in [-0.2, 0) is 19.2 Å². The number of aliphatic carboxylic acids is 1. The number of amides is 3. The molecule has 0 spiro atoms. The topological polar surface area (TPSA) is 206 Å². The lowest BCUT2D eigenvalue weighted by Gasteiger charge is -2.30. The molecule has 1 saturated heterocycles. The maximum absolute atomic E-state index is 13.0. The highest BCUT2D eigenvalue weighted by Gasteiger charge is 2.38. The number of aliphatic imine (C=N–C) groups is 1. The minimum absolute atomic E-state index is 0.0370. The molecule has 0 bridgehead atoms. The highest BCUT2D eigenvalue weighted by molar-refractivity contribution is 7.80. The first-order valence-electron chi connectivity index (χ1n) is 11.1. The van der Waals surface area contributed by atoms with E-state index in [4.69, 9.17) is 17.2 Å². The fourth-order valence-corrected chi connectivity index (χ4v) is 3.74. The average Bonchev–Trinajstić information content (AvgIpc) is 3.27. The third-order valence-electron chi connectivity index (χ3n) is 5.76. The molecule has 0 aromatic carbocycles. The summed E-state index contributed by atoms with van der Waals surface area (Å²) in [4.78, 5) is 55.2. The van der Waals surface area contributed by atoms with Crippen molar-refractivity contribution in [1.29, 1.82) is 0 Å². The second kappa shape index (κ2) is 13.9. The molecule has 5 unspecified atom stereocenters. The number of carbonyl (C=O) groups excluding carboxylic acids is 3. The summed E-state index contributed by atoms with van der Waals surface area (Å²) in [6.45, 7) is 4.45. The third kappa shape index (κ3) is 8.72. The molecule has 12 nitrogen and oxygen atoms in total. The van der Waals surface area contributed by atoms with Crippen LogP contribution in [0.1, 0.15) is 46.0 Å². The van der Waals surface area contributed by atoms with Crippen molar-refractivity contribution in [2.45, 2.75) is 70.1 Å². The Morgan fingerprint density at radius 2 is 1.88 bits per heavy atom. The number of hydrogen-bond donors (Lipinski definition) is 7. The molecule has 9 N–H and O–H groups in total. The number of thiol groups is 1. The van der Waals surface area contributed by atoms with Gasteiger partial charge >= 0.3 is 5.97 Å². The van der Waals surface area contributed by atoms with Crippen molar-refractivity contribution in [1.82, 2.24) is 15.5 Å². The van der Waals surface area contributed by atoms with Gasteiger partial charge in [0, 0.05) is 18.8 Å². The molecule has 1 heterocycles. The molecule has 0 saturated carbocycles. The fraction of sp³-hybridized carbons (Fsp3) is 0.750. The summed E-state index contributed by atoms with van der Waals surface area (Å²) >= 11 is 3.94.